The van der Waals surface area contributed by atoms with Gasteiger partial charge in [0.15, 0.2) is 0 Å². The second-order valence-corrected chi connectivity index (χ2v) is 10.4. The molecule has 2 nitrogen and oxygen atoms in total. The van der Waals surface area contributed by atoms with E-state index < -0.39 is 5.41 Å². The number of ether oxygens (including phenoxy) is 2. The van der Waals surface area contributed by atoms with Gasteiger partial charge in [-0.1, -0.05) is 103 Å². The molecule has 5 aromatic rings. The number of hydrogen-bond donors (Lipinski definition) is 0. The van der Waals surface area contributed by atoms with Crippen LogP contribution in [0.25, 0.3) is 16.7 Å². The summed E-state index contributed by atoms with van der Waals surface area (Å²) in [4.78, 5) is 0. The molecule has 4 aliphatic rings. The molecular weight excluding hydrogens is 464 g/mol. The van der Waals surface area contributed by atoms with E-state index in [-0.39, 0.29) is 5.92 Å². The van der Waals surface area contributed by atoms with Crippen molar-refractivity contribution in [2.24, 2.45) is 0 Å². The van der Waals surface area contributed by atoms with Crippen LogP contribution in [0, 0.1) is 0 Å². The Hall–Kier alpha value is -4.82. The van der Waals surface area contributed by atoms with Crippen LogP contribution in [0.4, 0.5) is 0 Å². The van der Waals surface area contributed by atoms with Gasteiger partial charge >= 0.3 is 0 Å². The van der Waals surface area contributed by atoms with Gasteiger partial charge in [0.1, 0.15) is 23.0 Å². The average molecular weight is 487 g/mol. The summed E-state index contributed by atoms with van der Waals surface area (Å²) in [5, 5.41) is 0. The number of para-hydroxylation sites is 1. The molecule has 0 fully saturated rings. The molecule has 38 heavy (non-hydrogen) atoms. The van der Waals surface area contributed by atoms with Crippen LogP contribution in [-0.4, -0.2) is 0 Å². The molecule has 2 heteroatoms. The summed E-state index contributed by atoms with van der Waals surface area (Å²) in [5.41, 5.74) is 10.8. The van der Waals surface area contributed by atoms with Crippen LogP contribution in [0.1, 0.15) is 33.7 Å². The van der Waals surface area contributed by atoms with Gasteiger partial charge in [-0.05, 0) is 57.7 Å². The molecule has 2 aliphatic carbocycles. The first kappa shape index (κ1) is 20.3. The van der Waals surface area contributed by atoms with Gasteiger partial charge in [0.2, 0.25) is 0 Å². The second-order valence-electron chi connectivity index (χ2n) is 10.4. The lowest BCUT2D eigenvalue weighted by atomic mass is 9.64. The van der Waals surface area contributed by atoms with E-state index in [1.165, 1.54) is 44.5 Å². The number of hydrogen-bond acceptors (Lipinski definition) is 2. The molecule has 0 N–H and O–H groups in total. The molecule has 1 spiro atoms. The van der Waals surface area contributed by atoms with E-state index in [9.17, 15) is 0 Å². The predicted octanol–water partition coefficient (Wildman–Crippen LogP) is 9.02. The molecule has 0 aromatic heterocycles. The highest BCUT2D eigenvalue weighted by atomic mass is 16.5. The van der Waals surface area contributed by atoms with Gasteiger partial charge in [0, 0.05) is 17.0 Å². The van der Waals surface area contributed by atoms with E-state index >= 15 is 0 Å². The van der Waals surface area contributed by atoms with E-state index in [0.717, 1.165) is 28.6 Å². The van der Waals surface area contributed by atoms with Crippen molar-refractivity contribution in [2.75, 3.05) is 0 Å². The third kappa shape index (κ3) is 2.43. The predicted molar refractivity (Wildman–Crippen MR) is 150 cm³/mol. The summed E-state index contributed by atoms with van der Waals surface area (Å²) < 4.78 is 13.0. The summed E-state index contributed by atoms with van der Waals surface area (Å²) in [7, 11) is 0. The zero-order valence-corrected chi connectivity index (χ0v) is 20.5. The second kappa shape index (κ2) is 7.14. The topological polar surface area (TPSA) is 18.5 Å². The molecule has 2 unspecified atom stereocenters. The van der Waals surface area contributed by atoms with E-state index in [1.54, 1.807) is 0 Å². The van der Waals surface area contributed by atoms with Crippen molar-refractivity contribution in [1.82, 2.24) is 0 Å². The van der Waals surface area contributed by atoms with Crippen molar-refractivity contribution in [3.05, 3.63) is 161 Å². The van der Waals surface area contributed by atoms with E-state index in [2.05, 4.69) is 121 Å². The van der Waals surface area contributed by atoms with E-state index in [0.29, 0.717) is 0 Å². The first-order valence-electron chi connectivity index (χ1n) is 13.1. The summed E-state index contributed by atoms with van der Waals surface area (Å²) in [6.07, 6.45) is 4.87. The third-order valence-corrected chi connectivity index (χ3v) is 8.61. The number of rotatable bonds is 2. The fraction of sp³-hybridized carbons (Fsp3) is 0.0556. The lowest BCUT2D eigenvalue weighted by molar-refractivity contribution is 0.387. The Morgan fingerprint density at radius 1 is 0.500 bits per heavy atom. The SMILES string of the molecule is C1=C(c2ccc(-c3ccccc3)cc2)C=C2C1c1cccc3c1C21c2ccccc2Oc2cccc(c21)O3. The van der Waals surface area contributed by atoms with Gasteiger partial charge in [0.25, 0.3) is 0 Å². The molecule has 0 saturated carbocycles. The zero-order chi connectivity index (χ0) is 24.8. The number of benzene rings is 5. The highest BCUT2D eigenvalue weighted by Gasteiger charge is 2.59. The van der Waals surface area contributed by atoms with Crippen LogP contribution >= 0.6 is 0 Å². The monoisotopic (exact) mass is 486 g/mol. The third-order valence-electron chi connectivity index (χ3n) is 8.61. The van der Waals surface area contributed by atoms with Crippen molar-refractivity contribution in [1.29, 1.82) is 0 Å². The zero-order valence-electron chi connectivity index (χ0n) is 20.5. The fourth-order valence-electron chi connectivity index (χ4n) is 7.12. The van der Waals surface area contributed by atoms with E-state index in [4.69, 9.17) is 9.47 Å². The Kier molecular flexibility index (Phi) is 3.81. The molecule has 9 rings (SSSR count). The van der Waals surface area contributed by atoms with Crippen molar-refractivity contribution in [3.8, 4) is 34.1 Å². The number of fused-ring (bicyclic) bond motifs is 3. The molecule has 0 saturated heterocycles. The molecule has 0 amide bonds. The lowest BCUT2D eigenvalue weighted by Gasteiger charge is -2.43. The normalized spacial score (nSPS) is 20.7. The molecule has 2 aliphatic heterocycles. The Morgan fingerprint density at radius 2 is 1.11 bits per heavy atom. The van der Waals surface area contributed by atoms with Gasteiger partial charge in [-0.25, -0.2) is 0 Å². The summed E-state index contributed by atoms with van der Waals surface area (Å²) in [5.74, 6) is 3.80. The molecule has 178 valence electrons. The molecule has 0 bridgehead atoms. The van der Waals surface area contributed by atoms with Crippen LogP contribution in [0.3, 0.4) is 0 Å². The molecule has 2 atom stereocenters. The Labute approximate surface area is 221 Å². The first-order chi connectivity index (χ1) is 18.8. The maximum atomic E-state index is 6.53. The van der Waals surface area contributed by atoms with Crippen molar-refractivity contribution < 1.29 is 9.47 Å². The van der Waals surface area contributed by atoms with Crippen LogP contribution in [0.2, 0.25) is 0 Å². The van der Waals surface area contributed by atoms with Crippen LogP contribution in [0.5, 0.6) is 23.0 Å². The van der Waals surface area contributed by atoms with Gasteiger partial charge in [-0.3, -0.25) is 0 Å². The standard InChI is InChI=1S/C36H22O2/c1-2-8-22(9-3-1)23-16-18-24(19-17-23)25-20-27-26-10-6-13-31-34(26)36(29(27)21-25)28-11-4-5-12-30(28)37-32-14-7-15-33(38-31)35(32)36/h1-21,27H. The number of allylic oxidation sites excluding steroid dienone is 4. The highest BCUT2D eigenvalue weighted by molar-refractivity contribution is 5.90. The van der Waals surface area contributed by atoms with Crippen LogP contribution in [-0.2, 0) is 5.41 Å². The van der Waals surface area contributed by atoms with Gasteiger partial charge in [-0.2, -0.15) is 0 Å². The average Bonchev–Trinajstić information content (AvgIpc) is 3.53. The van der Waals surface area contributed by atoms with Crippen LogP contribution in [0.15, 0.2) is 133 Å². The lowest BCUT2D eigenvalue weighted by Crippen LogP contribution is -2.35. The molecular formula is C36H22O2. The minimum Gasteiger partial charge on any atom is -0.457 e. The van der Waals surface area contributed by atoms with Crippen molar-refractivity contribution in [2.45, 2.75) is 11.3 Å². The molecule has 2 heterocycles. The van der Waals surface area contributed by atoms with Gasteiger partial charge in [-0.15, -0.1) is 0 Å². The quantitative estimate of drug-likeness (QED) is 0.248. The first-order valence-corrected chi connectivity index (χ1v) is 13.1. The Morgan fingerprint density at radius 3 is 1.92 bits per heavy atom. The maximum absolute atomic E-state index is 6.53. The van der Waals surface area contributed by atoms with Crippen LogP contribution < -0.4 is 9.47 Å². The maximum Gasteiger partial charge on any atom is 0.135 e. The molecule has 5 aromatic carbocycles. The molecule has 0 radical (unpaired) electrons. The van der Waals surface area contributed by atoms with Crippen molar-refractivity contribution >= 4 is 5.57 Å². The van der Waals surface area contributed by atoms with Gasteiger partial charge < -0.3 is 9.47 Å². The largest absolute Gasteiger partial charge is 0.457 e. The minimum atomic E-state index is -0.433. The Bertz CT molecular complexity index is 1850. The summed E-state index contributed by atoms with van der Waals surface area (Å²) in [6.45, 7) is 0. The van der Waals surface area contributed by atoms with E-state index in [1.807, 2.05) is 6.07 Å². The highest BCUT2D eigenvalue weighted by Crippen LogP contribution is 2.70. The fourth-order valence-corrected chi connectivity index (χ4v) is 7.12. The summed E-state index contributed by atoms with van der Waals surface area (Å²) >= 11 is 0. The smallest absolute Gasteiger partial charge is 0.135 e. The van der Waals surface area contributed by atoms with Crippen molar-refractivity contribution in [3.63, 3.8) is 0 Å². The van der Waals surface area contributed by atoms with Gasteiger partial charge in [0.05, 0.1) is 11.0 Å². The Balaban J connectivity index is 1.28. The summed E-state index contributed by atoms with van der Waals surface area (Å²) in [6, 6.07) is 40.7. The minimum absolute atomic E-state index is 0.183.